The summed E-state index contributed by atoms with van der Waals surface area (Å²) < 4.78 is 0. The van der Waals surface area contributed by atoms with Crippen LogP contribution in [0.15, 0.2) is 65.7 Å². The van der Waals surface area contributed by atoms with E-state index < -0.39 is 0 Å². The van der Waals surface area contributed by atoms with Crippen LogP contribution in [0.25, 0.3) is 10.9 Å². The van der Waals surface area contributed by atoms with Crippen molar-refractivity contribution in [2.75, 3.05) is 6.54 Å². The molecule has 1 heterocycles. The second kappa shape index (κ2) is 6.80. The number of H-pyrrole nitrogens is 1. The van der Waals surface area contributed by atoms with Crippen LogP contribution in [0.1, 0.15) is 11.3 Å². The highest BCUT2D eigenvalue weighted by atomic mass is 15.1. The van der Waals surface area contributed by atoms with Gasteiger partial charge in [0.15, 0.2) is 5.96 Å². The first kappa shape index (κ1) is 14.2. The summed E-state index contributed by atoms with van der Waals surface area (Å²) in [4.78, 5) is 7.72. The number of hydrogen-bond donors (Lipinski definition) is 3. The highest BCUT2D eigenvalue weighted by Gasteiger charge is 1.99. The van der Waals surface area contributed by atoms with Crippen LogP contribution < -0.4 is 11.1 Å². The molecule has 0 saturated heterocycles. The number of aliphatic imine (C=N–C) groups is 1. The van der Waals surface area contributed by atoms with E-state index in [1.807, 2.05) is 30.3 Å². The van der Waals surface area contributed by atoms with Gasteiger partial charge in [-0.05, 0) is 29.5 Å². The summed E-state index contributed by atoms with van der Waals surface area (Å²) in [6.45, 7) is 1.34. The molecule has 22 heavy (non-hydrogen) atoms. The summed E-state index contributed by atoms with van der Waals surface area (Å²) in [7, 11) is 0. The Hall–Kier alpha value is -2.75. The SMILES string of the molecule is NC(=NCc1cc2ccccc2[nH]1)NCCc1ccccc1. The van der Waals surface area contributed by atoms with Gasteiger partial charge in [0.1, 0.15) is 0 Å². The lowest BCUT2D eigenvalue weighted by atomic mass is 10.1. The third-order valence-corrected chi connectivity index (χ3v) is 3.57. The number of nitrogens with one attached hydrogen (secondary N) is 2. The Balaban J connectivity index is 1.51. The molecule has 0 bridgehead atoms. The van der Waals surface area contributed by atoms with Crippen LogP contribution in [0.4, 0.5) is 0 Å². The number of fused-ring (bicyclic) bond motifs is 1. The predicted octanol–water partition coefficient (Wildman–Crippen LogP) is 2.81. The number of para-hydroxylation sites is 1. The van der Waals surface area contributed by atoms with Crippen LogP contribution in [0, 0.1) is 0 Å². The Morgan fingerprint density at radius 2 is 1.82 bits per heavy atom. The first-order chi connectivity index (χ1) is 10.8. The highest BCUT2D eigenvalue weighted by molar-refractivity contribution is 5.80. The predicted molar refractivity (Wildman–Crippen MR) is 91.8 cm³/mol. The zero-order chi connectivity index (χ0) is 15.2. The molecule has 1 aromatic heterocycles. The van der Waals surface area contributed by atoms with E-state index in [-0.39, 0.29) is 0 Å². The van der Waals surface area contributed by atoms with E-state index in [4.69, 9.17) is 5.73 Å². The van der Waals surface area contributed by atoms with Gasteiger partial charge in [0.05, 0.1) is 6.54 Å². The summed E-state index contributed by atoms with van der Waals surface area (Å²) >= 11 is 0. The molecule has 4 heteroatoms. The summed E-state index contributed by atoms with van der Waals surface area (Å²) in [6, 6.07) is 20.6. The van der Waals surface area contributed by atoms with Crippen LogP contribution in [-0.4, -0.2) is 17.5 Å². The van der Waals surface area contributed by atoms with Crippen molar-refractivity contribution in [3.05, 3.63) is 71.9 Å². The maximum Gasteiger partial charge on any atom is 0.188 e. The van der Waals surface area contributed by atoms with Crippen LogP contribution in [0.5, 0.6) is 0 Å². The minimum Gasteiger partial charge on any atom is -0.370 e. The zero-order valence-electron chi connectivity index (χ0n) is 12.4. The molecule has 0 fully saturated rings. The van der Waals surface area contributed by atoms with Gasteiger partial charge in [-0.25, -0.2) is 4.99 Å². The lowest BCUT2D eigenvalue weighted by Gasteiger charge is -2.05. The van der Waals surface area contributed by atoms with Gasteiger partial charge in [0.25, 0.3) is 0 Å². The highest BCUT2D eigenvalue weighted by Crippen LogP contribution is 2.14. The van der Waals surface area contributed by atoms with Crippen molar-refractivity contribution in [2.45, 2.75) is 13.0 Å². The lowest BCUT2D eigenvalue weighted by Crippen LogP contribution is -2.33. The van der Waals surface area contributed by atoms with Gasteiger partial charge in [0, 0.05) is 17.8 Å². The Morgan fingerprint density at radius 1 is 1.05 bits per heavy atom. The van der Waals surface area contributed by atoms with Crippen LogP contribution in [0.2, 0.25) is 0 Å². The zero-order valence-corrected chi connectivity index (χ0v) is 12.4. The molecule has 112 valence electrons. The second-order valence-corrected chi connectivity index (χ2v) is 5.25. The van der Waals surface area contributed by atoms with Crippen LogP contribution in [0.3, 0.4) is 0 Å². The summed E-state index contributed by atoms with van der Waals surface area (Å²) in [5, 5.41) is 4.35. The quantitative estimate of drug-likeness (QED) is 0.500. The van der Waals surface area contributed by atoms with Crippen molar-refractivity contribution in [2.24, 2.45) is 10.7 Å². The van der Waals surface area contributed by atoms with Gasteiger partial charge in [-0.2, -0.15) is 0 Å². The third kappa shape index (κ3) is 3.67. The fourth-order valence-corrected chi connectivity index (χ4v) is 2.42. The topological polar surface area (TPSA) is 66.2 Å². The number of guanidine groups is 1. The van der Waals surface area contributed by atoms with Crippen molar-refractivity contribution < 1.29 is 0 Å². The average Bonchev–Trinajstić information content (AvgIpc) is 2.97. The number of benzene rings is 2. The normalized spacial score (nSPS) is 11.7. The monoisotopic (exact) mass is 292 g/mol. The molecule has 0 aliphatic heterocycles. The van der Waals surface area contributed by atoms with Crippen molar-refractivity contribution in [1.82, 2.24) is 10.3 Å². The molecule has 0 aliphatic carbocycles. The summed E-state index contributed by atoms with van der Waals surface area (Å²) in [5.74, 6) is 0.481. The van der Waals surface area contributed by atoms with Crippen LogP contribution in [-0.2, 0) is 13.0 Å². The van der Waals surface area contributed by atoms with E-state index in [0.29, 0.717) is 12.5 Å². The molecule has 0 atom stereocenters. The van der Waals surface area contributed by atoms with Gasteiger partial charge >= 0.3 is 0 Å². The molecule has 3 rings (SSSR count). The molecule has 0 spiro atoms. The number of nitrogens with two attached hydrogens (primary N) is 1. The standard InChI is InChI=1S/C18H20N4/c19-18(20-11-10-14-6-2-1-3-7-14)21-13-16-12-15-8-4-5-9-17(15)22-16/h1-9,12,22H,10-11,13H2,(H3,19,20,21). The number of hydrogen-bond acceptors (Lipinski definition) is 1. The van der Waals surface area contributed by atoms with Crippen molar-refractivity contribution in [3.63, 3.8) is 0 Å². The molecule has 2 aromatic carbocycles. The van der Waals surface area contributed by atoms with Gasteiger partial charge in [-0.1, -0.05) is 48.5 Å². The van der Waals surface area contributed by atoms with E-state index in [0.717, 1.165) is 24.2 Å². The second-order valence-electron chi connectivity index (χ2n) is 5.25. The minimum atomic E-state index is 0.481. The molecule has 0 radical (unpaired) electrons. The lowest BCUT2D eigenvalue weighted by molar-refractivity contribution is 0.846. The average molecular weight is 292 g/mol. The van der Waals surface area contributed by atoms with Crippen molar-refractivity contribution in [3.8, 4) is 0 Å². The third-order valence-electron chi connectivity index (χ3n) is 3.57. The Morgan fingerprint density at radius 3 is 2.64 bits per heavy atom. The first-order valence-electron chi connectivity index (χ1n) is 7.45. The van der Waals surface area contributed by atoms with E-state index in [2.05, 4.69) is 45.6 Å². The molecule has 0 aliphatic rings. The number of rotatable bonds is 5. The molecule has 0 unspecified atom stereocenters. The Labute approximate surface area is 130 Å². The van der Waals surface area contributed by atoms with Crippen molar-refractivity contribution in [1.29, 1.82) is 0 Å². The number of aromatic nitrogens is 1. The number of nitrogens with zero attached hydrogens (tertiary/aromatic N) is 1. The fourth-order valence-electron chi connectivity index (χ4n) is 2.42. The Bertz CT molecular complexity index is 726. The number of aromatic amines is 1. The van der Waals surface area contributed by atoms with Gasteiger partial charge in [-0.15, -0.1) is 0 Å². The summed E-state index contributed by atoms with van der Waals surface area (Å²) in [6.07, 6.45) is 0.934. The molecule has 3 aromatic rings. The minimum absolute atomic E-state index is 0.481. The maximum absolute atomic E-state index is 5.90. The van der Waals surface area contributed by atoms with Gasteiger partial charge < -0.3 is 16.0 Å². The van der Waals surface area contributed by atoms with E-state index in [9.17, 15) is 0 Å². The molecule has 0 saturated carbocycles. The smallest absolute Gasteiger partial charge is 0.188 e. The van der Waals surface area contributed by atoms with Gasteiger partial charge in [-0.3, -0.25) is 0 Å². The summed E-state index contributed by atoms with van der Waals surface area (Å²) in [5.41, 5.74) is 9.39. The Kier molecular flexibility index (Phi) is 4.39. The van der Waals surface area contributed by atoms with Gasteiger partial charge in [0.2, 0.25) is 0 Å². The fraction of sp³-hybridized carbons (Fsp3) is 0.167. The largest absolute Gasteiger partial charge is 0.370 e. The maximum atomic E-state index is 5.90. The van der Waals surface area contributed by atoms with Crippen LogP contribution >= 0.6 is 0 Å². The first-order valence-corrected chi connectivity index (χ1v) is 7.45. The van der Waals surface area contributed by atoms with E-state index in [1.54, 1.807) is 0 Å². The molecule has 4 nitrogen and oxygen atoms in total. The molecular weight excluding hydrogens is 272 g/mol. The molecular formula is C18H20N4. The molecule has 0 amide bonds. The van der Waals surface area contributed by atoms with E-state index >= 15 is 0 Å². The van der Waals surface area contributed by atoms with Crippen molar-refractivity contribution >= 4 is 16.9 Å². The molecule has 4 N–H and O–H groups in total. The van der Waals surface area contributed by atoms with E-state index in [1.165, 1.54) is 10.9 Å².